The number of carbonyl (C=O) groups excluding carboxylic acids is 1. The number of allylic oxidation sites excluding steroid dienone is 3. The second kappa shape index (κ2) is 5.50. The molecule has 0 aromatic heterocycles. The van der Waals surface area contributed by atoms with Crippen LogP contribution in [0.4, 0.5) is 0 Å². The highest BCUT2D eigenvalue weighted by Crippen LogP contribution is 2.20. The Kier molecular flexibility index (Phi) is 4.00. The van der Waals surface area contributed by atoms with Crippen molar-refractivity contribution in [1.29, 1.82) is 0 Å². The molecule has 0 spiro atoms. The number of rotatable bonds is 2. The van der Waals surface area contributed by atoms with Gasteiger partial charge in [-0.2, -0.15) is 0 Å². The van der Waals surface area contributed by atoms with Crippen LogP contribution in [0.25, 0.3) is 0 Å². The van der Waals surface area contributed by atoms with Gasteiger partial charge in [-0.25, -0.2) is 0 Å². The van der Waals surface area contributed by atoms with E-state index in [1.807, 2.05) is 11.0 Å². The predicted octanol–water partition coefficient (Wildman–Crippen LogP) is 1.82. The van der Waals surface area contributed by atoms with Gasteiger partial charge < -0.3 is 9.80 Å². The van der Waals surface area contributed by atoms with E-state index in [-0.39, 0.29) is 5.91 Å². The monoisotopic (exact) mass is 234 g/mol. The lowest BCUT2D eigenvalue weighted by Gasteiger charge is -2.34. The van der Waals surface area contributed by atoms with Crippen molar-refractivity contribution in [2.45, 2.75) is 26.7 Å². The first-order valence-corrected chi connectivity index (χ1v) is 6.58. The lowest BCUT2D eigenvalue weighted by Crippen LogP contribution is -2.48. The Balaban J connectivity index is 1.93. The average Bonchev–Trinajstić information content (AvgIpc) is 2.39. The Hall–Kier alpha value is -1.09. The van der Waals surface area contributed by atoms with E-state index in [2.05, 4.69) is 24.8 Å². The van der Waals surface area contributed by atoms with Crippen LogP contribution in [0.5, 0.6) is 0 Å². The van der Waals surface area contributed by atoms with Gasteiger partial charge in [-0.1, -0.05) is 24.6 Å². The van der Waals surface area contributed by atoms with Gasteiger partial charge in [0.15, 0.2) is 0 Å². The highest BCUT2D eigenvalue weighted by Gasteiger charge is 2.23. The quantitative estimate of drug-likeness (QED) is 0.727. The van der Waals surface area contributed by atoms with Gasteiger partial charge >= 0.3 is 0 Å². The minimum atomic E-state index is 0.254. The Labute approximate surface area is 104 Å². The average molecular weight is 234 g/mol. The maximum Gasteiger partial charge on any atom is 0.249 e. The SMILES string of the molecule is CCN1CCN(C(=O)C2=CC=C(C)CC2)CC1. The number of nitrogens with zero attached hydrogens (tertiary/aromatic N) is 2. The van der Waals surface area contributed by atoms with Crippen LogP contribution >= 0.6 is 0 Å². The van der Waals surface area contributed by atoms with Crippen LogP contribution in [0, 0.1) is 0 Å². The molecular formula is C14H22N2O. The molecule has 0 saturated carbocycles. The summed E-state index contributed by atoms with van der Waals surface area (Å²) in [5.41, 5.74) is 2.36. The zero-order chi connectivity index (χ0) is 12.3. The number of hydrogen-bond donors (Lipinski definition) is 0. The first-order valence-electron chi connectivity index (χ1n) is 6.58. The van der Waals surface area contributed by atoms with Crippen molar-refractivity contribution in [2.24, 2.45) is 0 Å². The van der Waals surface area contributed by atoms with Crippen molar-refractivity contribution >= 4 is 5.91 Å². The number of hydrogen-bond acceptors (Lipinski definition) is 2. The number of piperazine rings is 1. The van der Waals surface area contributed by atoms with Crippen LogP contribution in [0.15, 0.2) is 23.3 Å². The highest BCUT2D eigenvalue weighted by atomic mass is 16.2. The molecule has 17 heavy (non-hydrogen) atoms. The van der Waals surface area contributed by atoms with Crippen LogP contribution in [0.3, 0.4) is 0 Å². The summed E-state index contributed by atoms with van der Waals surface area (Å²) in [6, 6.07) is 0. The van der Waals surface area contributed by atoms with Gasteiger partial charge in [0.1, 0.15) is 0 Å². The van der Waals surface area contributed by atoms with E-state index >= 15 is 0 Å². The van der Waals surface area contributed by atoms with Gasteiger partial charge in [0.2, 0.25) is 5.91 Å². The van der Waals surface area contributed by atoms with Crippen molar-refractivity contribution in [3.05, 3.63) is 23.3 Å². The number of likely N-dealkylation sites (N-methyl/N-ethyl adjacent to an activating group) is 1. The summed E-state index contributed by atoms with van der Waals surface area (Å²) in [7, 11) is 0. The first-order chi connectivity index (χ1) is 8.20. The fourth-order valence-electron chi connectivity index (χ4n) is 2.39. The van der Waals surface area contributed by atoms with Gasteiger partial charge in [-0.3, -0.25) is 4.79 Å². The largest absolute Gasteiger partial charge is 0.336 e. The van der Waals surface area contributed by atoms with Gasteiger partial charge in [0.05, 0.1) is 0 Å². The van der Waals surface area contributed by atoms with Gasteiger partial charge in [-0.15, -0.1) is 0 Å². The molecule has 1 saturated heterocycles. The predicted molar refractivity (Wildman–Crippen MR) is 69.8 cm³/mol. The zero-order valence-electron chi connectivity index (χ0n) is 10.9. The van der Waals surface area contributed by atoms with Crippen molar-refractivity contribution in [3.8, 4) is 0 Å². The van der Waals surface area contributed by atoms with E-state index in [0.29, 0.717) is 0 Å². The molecule has 1 heterocycles. The summed E-state index contributed by atoms with van der Waals surface area (Å²) >= 11 is 0. The first kappa shape index (κ1) is 12.4. The summed E-state index contributed by atoms with van der Waals surface area (Å²) in [4.78, 5) is 16.7. The molecule has 2 aliphatic rings. The summed E-state index contributed by atoms with van der Waals surface area (Å²) < 4.78 is 0. The molecule has 1 fully saturated rings. The van der Waals surface area contributed by atoms with E-state index in [1.54, 1.807) is 0 Å². The molecule has 3 heteroatoms. The van der Waals surface area contributed by atoms with Crippen molar-refractivity contribution < 1.29 is 4.79 Å². The molecule has 0 atom stereocenters. The van der Waals surface area contributed by atoms with Gasteiger partial charge in [-0.05, 0) is 26.3 Å². The summed E-state index contributed by atoms with van der Waals surface area (Å²) in [5, 5.41) is 0. The summed E-state index contributed by atoms with van der Waals surface area (Å²) in [6.45, 7) is 9.19. The molecule has 1 aliphatic heterocycles. The Morgan fingerprint density at radius 1 is 1.18 bits per heavy atom. The van der Waals surface area contributed by atoms with Gasteiger partial charge in [0.25, 0.3) is 0 Å². The normalized spacial score (nSPS) is 22.1. The minimum absolute atomic E-state index is 0.254. The van der Waals surface area contributed by atoms with Crippen LogP contribution in [0.1, 0.15) is 26.7 Å². The minimum Gasteiger partial charge on any atom is -0.336 e. The molecule has 2 rings (SSSR count). The van der Waals surface area contributed by atoms with Crippen molar-refractivity contribution in [2.75, 3.05) is 32.7 Å². The van der Waals surface area contributed by atoms with Crippen LogP contribution in [0.2, 0.25) is 0 Å². The third kappa shape index (κ3) is 2.97. The Morgan fingerprint density at radius 2 is 1.88 bits per heavy atom. The van der Waals surface area contributed by atoms with E-state index in [9.17, 15) is 4.79 Å². The summed E-state index contributed by atoms with van der Waals surface area (Å²) in [5.74, 6) is 0.254. The van der Waals surface area contributed by atoms with Crippen molar-refractivity contribution in [1.82, 2.24) is 9.80 Å². The Bertz CT molecular complexity index is 349. The molecule has 0 N–H and O–H groups in total. The second-order valence-corrected chi connectivity index (χ2v) is 4.93. The Morgan fingerprint density at radius 3 is 2.41 bits per heavy atom. The zero-order valence-corrected chi connectivity index (χ0v) is 10.9. The van der Waals surface area contributed by atoms with Crippen LogP contribution in [-0.2, 0) is 4.79 Å². The standard InChI is InChI=1S/C14H22N2O/c1-3-15-8-10-16(11-9-15)14(17)13-6-4-12(2)5-7-13/h4,6H,3,5,7-11H2,1-2H3. The fourth-order valence-corrected chi connectivity index (χ4v) is 2.39. The molecule has 1 aliphatic carbocycles. The van der Waals surface area contributed by atoms with Crippen molar-refractivity contribution in [3.63, 3.8) is 0 Å². The second-order valence-electron chi connectivity index (χ2n) is 4.93. The van der Waals surface area contributed by atoms with E-state index < -0.39 is 0 Å². The highest BCUT2D eigenvalue weighted by molar-refractivity contribution is 5.94. The molecule has 3 nitrogen and oxygen atoms in total. The number of amides is 1. The fraction of sp³-hybridized carbons (Fsp3) is 0.643. The van der Waals surface area contributed by atoms with Crippen LogP contribution < -0.4 is 0 Å². The molecule has 94 valence electrons. The van der Waals surface area contributed by atoms with E-state index in [1.165, 1.54) is 5.57 Å². The lowest BCUT2D eigenvalue weighted by atomic mass is 9.98. The lowest BCUT2D eigenvalue weighted by molar-refractivity contribution is -0.129. The maximum absolute atomic E-state index is 12.3. The maximum atomic E-state index is 12.3. The molecular weight excluding hydrogens is 212 g/mol. The molecule has 0 unspecified atom stereocenters. The molecule has 0 aromatic carbocycles. The molecule has 0 aromatic rings. The van der Waals surface area contributed by atoms with Gasteiger partial charge in [0, 0.05) is 31.8 Å². The summed E-state index contributed by atoms with van der Waals surface area (Å²) in [6.07, 6.45) is 6.04. The molecule has 0 bridgehead atoms. The number of carbonyl (C=O) groups is 1. The van der Waals surface area contributed by atoms with E-state index in [0.717, 1.165) is 51.1 Å². The molecule has 1 amide bonds. The van der Waals surface area contributed by atoms with E-state index in [4.69, 9.17) is 0 Å². The topological polar surface area (TPSA) is 23.6 Å². The smallest absolute Gasteiger partial charge is 0.249 e. The van der Waals surface area contributed by atoms with Crippen LogP contribution in [-0.4, -0.2) is 48.4 Å². The molecule has 0 radical (unpaired) electrons. The third-order valence-electron chi connectivity index (χ3n) is 3.74. The third-order valence-corrected chi connectivity index (χ3v) is 3.74.